The molecule has 6 heteroatoms. The Morgan fingerprint density at radius 2 is 1.85 bits per heavy atom. The molecule has 0 unspecified atom stereocenters. The van der Waals surface area contributed by atoms with Gasteiger partial charge in [-0.3, -0.25) is 9.59 Å². The molecule has 1 fully saturated rings. The van der Waals surface area contributed by atoms with E-state index in [9.17, 15) is 9.59 Å². The number of benzene rings is 1. The molecule has 5 nitrogen and oxygen atoms in total. The van der Waals surface area contributed by atoms with Crippen molar-refractivity contribution in [2.75, 3.05) is 32.8 Å². The number of amides is 2. The van der Waals surface area contributed by atoms with Crippen LogP contribution in [0.5, 0.6) is 0 Å². The van der Waals surface area contributed by atoms with E-state index in [0.29, 0.717) is 31.3 Å². The molecule has 0 bridgehead atoms. The zero-order valence-electron chi connectivity index (χ0n) is 11.1. The molecule has 1 heterocycles. The molecule has 1 aromatic carbocycles. The molecule has 1 aliphatic heterocycles. The molecular formula is C14H17ClN2O3. The van der Waals surface area contributed by atoms with E-state index in [1.54, 1.807) is 29.2 Å². The standard InChI is InChI=1S/C14H17ClN2O3/c15-12-3-1-11(2-4-12)9-13(18)16-10-14(19)17-5-7-20-8-6-17/h1-4H,5-10H2,(H,16,18). The molecule has 2 amide bonds. The number of carbonyl (C=O) groups is 2. The average Bonchev–Trinajstić information content (AvgIpc) is 2.48. The van der Waals surface area contributed by atoms with Crippen molar-refractivity contribution in [3.8, 4) is 0 Å². The molecule has 1 saturated heterocycles. The van der Waals surface area contributed by atoms with Crippen molar-refractivity contribution < 1.29 is 14.3 Å². The molecule has 1 aromatic rings. The summed E-state index contributed by atoms with van der Waals surface area (Å²) >= 11 is 5.78. The Kier molecular flexibility index (Phi) is 5.38. The van der Waals surface area contributed by atoms with Crippen LogP contribution in [0.3, 0.4) is 0 Å². The Hall–Kier alpha value is -1.59. The van der Waals surface area contributed by atoms with Crippen LogP contribution in [0, 0.1) is 0 Å². The molecule has 0 radical (unpaired) electrons. The predicted molar refractivity (Wildman–Crippen MR) is 75.6 cm³/mol. The summed E-state index contributed by atoms with van der Waals surface area (Å²) in [6, 6.07) is 7.07. The van der Waals surface area contributed by atoms with Gasteiger partial charge in [0.1, 0.15) is 0 Å². The lowest BCUT2D eigenvalue weighted by Gasteiger charge is -2.26. The molecule has 108 valence electrons. The van der Waals surface area contributed by atoms with Gasteiger partial charge < -0.3 is 15.0 Å². The van der Waals surface area contributed by atoms with Gasteiger partial charge in [-0.2, -0.15) is 0 Å². The minimum absolute atomic E-state index is 0.0341. The fraction of sp³-hybridized carbons (Fsp3) is 0.429. The summed E-state index contributed by atoms with van der Waals surface area (Å²) in [6.45, 7) is 2.33. The lowest BCUT2D eigenvalue weighted by molar-refractivity contribution is -0.136. The molecule has 0 aliphatic carbocycles. The van der Waals surface area contributed by atoms with Crippen molar-refractivity contribution in [2.24, 2.45) is 0 Å². The summed E-state index contributed by atoms with van der Waals surface area (Å²) in [7, 11) is 0. The van der Waals surface area contributed by atoms with E-state index >= 15 is 0 Å². The van der Waals surface area contributed by atoms with E-state index in [0.717, 1.165) is 5.56 Å². The zero-order valence-corrected chi connectivity index (χ0v) is 11.9. The number of morpholine rings is 1. The van der Waals surface area contributed by atoms with Gasteiger partial charge in [0.25, 0.3) is 0 Å². The van der Waals surface area contributed by atoms with Crippen LogP contribution in [0.25, 0.3) is 0 Å². The Bertz CT molecular complexity index is 470. The number of carbonyl (C=O) groups excluding carboxylic acids is 2. The van der Waals surface area contributed by atoms with Gasteiger partial charge in [-0.1, -0.05) is 23.7 Å². The Morgan fingerprint density at radius 1 is 1.20 bits per heavy atom. The number of rotatable bonds is 4. The highest BCUT2D eigenvalue weighted by atomic mass is 35.5. The molecule has 1 aliphatic rings. The van der Waals surface area contributed by atoms with Crippen LogP contribution in [-0.2, 0) is 20.7 Å². The lowest BCUT2D eigenvalue weighted by Crippen LogP contribution is -2.45. The number of nitrogens with one attached hydrogen (secondary N) is 1. The summed E-state index contributed by atoms with van der Waals surface area (Å²) < 4.78 is 5.17. The first-order chi connectivity index (χ1) is 9.65. The Balaban J connectivity index is 1.74. The molecule has 2 rings (SSSR count). The second-order valence-corrected chi connectivity index (χ2v) is 5.01. The van der Waals surface area contributed by atoms with E-state index in [4.69, 9.17) is 16.3 Å². The average molecular weight is 297 g/mol. The van der Waals surface area contributed by atoms with E-state index in [1.807, 2.05) is 0 Å². The maximum absolute atomic E-state index is 11.8. The molecule has 0 spiro atoms. The lowest BCUT2D eigenvalue weighted by atomic mass is 10.1. The highest BCUT2D eigenvalue weighted by Gasteiger charge is 2.17. The second kappa shape index (κ2) is 7.26. The third-order valence-electron chi connectivity index (χ3n) is 3.08. The highest BCUT2D eigenvalue weighted by Crippen LogP contribution is 2.09. The smallest absolute Gasteiger partial charge is 0.242 e. The summed E-state index contributed by atoms with van der Waals surface area (Å²) in [5.41, 5.74) is 0.866. The van der Waals surface area contributed by atoms with Gasteiger partial charge in [-0.05, 0) is 17.7 Å². The van der Waals surface area contributed by atoms with Crippen molar-refractivity contribution in [2.45, 2.75) is 6.42 Å². The Morgan fingerprint density at radius 3 is 2.50 bits per heavy atom. The molecule has 1 N–H and O–H groups in total. The largest absolute Gasteiger partial charge is 0.378 e. The SMILES string of the molecule is O=C(Cc1ccc(Cl)cc1)NCC(=O)N1CCOCC1. The molecule has 0 saturated carbocycles. The van der Waals surface area contributed by atoms with Crippen molar-refractivity contribution in [3.63, 3.8) is 0 Å². The first-order valence-electron chi connectivity index (χ1n) is 6.52. The summed E-state index contributed by atoms with van der Waals surface area (Å²) in [5, 5.41) is 3.27. The van der Waals surface area contributed by atoms with Crippen LogP contribution in [-0.4, -0.2) is 49.6 Å². The molecule has 20 heavy (non-hydrogen) atoms. The van der Waals surface area contributed by atoms with Gasteiger partial charge in [0.15, 0.2) is 0 Å². The number of nitrogens with zero attached hydrogens (tertiary/aromatic N) is 1. The second-order valence-electron chi connectivity index (χ2n) is 4.57. The minimum Gasteiger partial charge on any atom is -0.378 e. The normalized spacial score (nSPS) is 14.9. The van der Waals surface area contributed by atoms with Crippen LogP contribution in [0.15, 0.2) is 24.3 Å². The van der Waals surface area contributed by atoms with Gasteiger partial charge in [0.05, 0.1) is 26.2 Å². The summed E-state index contributed by atoms with van der Waals surface area (Å²) in [4.78, 5) is 25.3. The van der Waals surface area contributed by atoms with Crippen molar-refractivity contribution in [3.05, 3.63) is 34.9 Å². The monoisotopic (exact) mass is 296 g/mol. The first kappa shape index (κ1) is 14.8. The number of hydrogen-bond donors (Lipinski definition) is 1. The van der Waals surface area contributed by atoms with E-state index in [1.165, 1.54) is 0 Å². The fourth-order valence-corrected chi connectivity index (χ4v) is 2.07. The highest BCUT2D eigenvalue weighted by molar-refractivity contribution is 6.30. The van der Waals surface area contributed by atoms with Crippen molar-refractivity contribution in [1.82, 2.24) is 10.2 Å². The van der Waals surface area contributed by atoms with E-state index in [2.05, 4.69) is 5.32 Å². The van der Waals surface area contributed by atoms with Crippen LogP contribution in [0.2, 0.25) is 5.02 Å². The maximum Gasteiger partial charge on any atom is 0.242 e. The van der Waals surface area contributed by atoms with E-state index in [-0.39, 0.29) is 24.8 Å². The van der Waals surface area contributed by atoms with Crippen molar-refractivity contribution in [1.29, 1.82) is 0 Å². The van der Waals surface area contributed by atoms with E-state index < -0.39 is 0 Å². The van der Waals surface area contributed by atoms with Crippen LogP contribution in [0.4, 0.5) is 0 Å². The molecule has 0 aromatic heterocycles. The topological polar surface area (TPSA) is 58.6 Å². The van der Waals surface area contributed by atoms with Gasteiger partial charge in [0.2, 0.25) is 11.8 Å². The van der Waals surface area contributed by atoms with Crippen molar-refractivity contribution >= 4 is 23.4 Å². The quantitative estimate of drug-likeness (QED) is 0.896. The number of ether oxygens (including phenoxy) is 1. The number of hydrogen-bond acceptors (Lipinski definition) is 3. The predicted octanol–water partition coefficient (Wildman–Crippen LogP) is 0.857. The summed E-state index contributed by atoms with van der Waals surface area (Å²) in [6.07, 6.45) is 0.244. The maximum atomic E-state index is 11.8. The van der Waals surface area contributed by atoms with Gasteiger partial charge >= 0.3 is 0 Å². The zero-order chi connectivity index (χ0) is 14.4. The summed E-state index contributed by atoms with van der Waals surface area (Å²) in [5.74, 6) is -0.244. The van der Waals surface area contributed by atoms with Crippen LogP contribution < -0.4 is 5.32 Å². The van der Waals surface area contributed by atoms with Crippen LogP contribution in [0.1, 0.15) is 5.56 Å². The fourth-order valence-electron chi connectivity index (χ4n) is 1.95. The third-order valence-corrected chi connectivity index (χ3v) is 3.33. The Labute approximate surface area is 122 Å². The number of halogens is 1. The minimum atomic E-state index is -0.172. The van der Waals surface area contributed by atoms with Gasteiger partial charge in [-0.15, -0.1) is 0 Å². The van der Waals surface area contributed by atoms with Crippen LogP contribution >= 0.6 is 11.6 Å². The first-order valence-corrected chi connectivity index (χ1v) is 6.89. The van der Waals surface area contributed by atoms with Gasteiger partial charge in [0, 0.05) is 18.1 Å². The molecular weight excluding hydrogens is 280 g/mol. The third kappa shape index (κ3) is 4.51. The van der Waals surface area contributed by atoms with Gasteiger partial charge in [-0.25, -0.2) is 0 Å². The molecule has 0 atom stereocenters.